The van der Waals surface area contributed by atoms with E-state index in [1.807, 2.05) is 0 Å². The van der Waals surface area contributed by atoms with Crippen LogP contribution in [0.5, 0.6) is 0 Å². The number of phosphoric ester groups is 1. The second-order valence-electron chi connectivity index (χ2n) is 1.66. The molecule has 6 nitrogen and oxygen atoms in total. The molecule has 0 aliphatic heterocycles. The lowest BCUT2D eigenvalue weighted by Crippen LogP contribution is -2.02. The van der Waals surface area contributed by atoms with E-state index >= 15 is 0 Å². The van der Waals surface area contributed by atoms with Gasteiger partial charge in [0, 0.05) is 0 Å². The van der Waals surface area contributed by atoms with Crippen molar-refractivity contribution in [2.75, 3.05) is 12.9 Å². The van der Waals surface area contributed by atoms with Gasteiger partial charge in [0.1, 0.15) is 0 Å². The van der Waals surface area contributed by atoms with Crippen LogP contribution < -0.4 is 0 Å². The smallest absolute Gasteiger partial charge is 0.302 e. The molecule has 0 aromatic rings. The van der Waals surface area contributed by atoms with Crippen LogP contribution in [-0.4, -0.2) is 26.2 Å². The van der Waals surface area contributed by atoms with Crippen molar-refractivity contribution in [1.82, 2.24) is 0 Å². The molecule has 11 heavy (non-hydrogen) atoms. The number of rotatable bonds is 4. The number of phosphoric acid groups is 1. The fourth-order valence-electron chi connectivity index (χ4n) is 0.356. The summed E-state index contributed by atoms with van der Waals surface area (Å²) in [6.07, 6.45) is 0.662. The average molecular weight is 204 g/mol. The van der Waals surface area contributed by atoms with Crippen molar-refractivity contribution in [3.8, 4) is 0 Å². The summed E-state index contributed by atoms with van der Waals surface area (Å²) in [4.78, 5) is 8.58. The molecular weight excluding hydrogens is 195 g/mol. The van der Waals surface area contributed by atoms with Gasteiger partial charge in [0.05, 0.1) is 12.9 Å². The van der Waals surface area contributed by atoms with Crippen molar-refractivity contribution in [3.63, 3.8) is 0 Å². The Kier molecular flexibility index (Phi) is 3.66. The van der Waals surface area contributed by atoms with Crippen LogP contribution in [0.3, 0.4) is 0 Å². The van der Waals surface area contributed by atoms with Crippen LogP contribution in [0.25, 0.3) is 0 Å². The first-order valence-corrected chi connectivity index (χ1v) is 5.96. The minimum absolute atomic E-state index is 0.0940. The molecule has 0 saturated carbocycles. The molecule has 0 aliphatic carbocycles. The molecule has 0 fully saturated rings. The summed E-state index contributed by atoms with van der Waals surface area (Å²) in [5, 5.41) is 0. The lowest BCUT2D eigenvalue weighted by Gasteiger charge is -2.07. The van der Waals surface area contributed by atoms with Gasteiger partial charge in [-0.2, -0.15) is 12.4 Å². The van der Waals surface area contributed by atoms with E-state index in [0.717, 1.165) is 0 Å². The lowest BCUT2D eigenvalue weighted by molar-refractivity contribution is 0.216. The van der Waals surface area contributed by atoms with Gasteiger partial charge < -0.3 is 4.89 Å². The molecule has 0 radical (unpaired) electrons. The summed E-state index contributed by atoms with van der Waals surface area (Å²) in [5.41, 5.74) is 0. The van der Waals surface area contributed by atoms with E-state index in [2.05, 4.69) is 8.49 Å². The highest BCUT2D eigenvalue weighted by molar-refractivity contribution is 7.89. The fraction of sp³-hybridized carbons (Fsp3) is 1.00. The van der Waals surface area contributed by atoms with Gasteiger partial charge in [-0.1, -0.05) is 0 Å². The normalized spacial score (nSPS) is 17.7. The molecule has 0 aliphatic rings. The van der Waals surface area contributed by atoms with Gasteiger partial charge in [-0.15, -0.1) is 0 Å². The standard InChI is InChI=1S/C3H9O6PS/c1-3-8-10(4,5)9-11(2,6)7/h3H2,1-2H3,(H,4,5). The Balaban J connectivity index is 4.26. The predicted molar refractivity (Wildman–Crippen MR) is 37.4 cm³/mol. The zero-order valence-electron chi connectivity index (χ0n) is 6.05. The summed E-state index contributed by atoms with van der Waals surface area (Å²) in [5.74, 6) is 0. The highest BCUT2D eigenvalue weighted by Crippen LogP contribution is 2.44. The van der Waals surface area contributed by atoms with Crippen molar-refractivity contribution in [3.05, 3.63) is 0 Å². The van der Waals surface area contributed by atoms with Crippen molar-refractivity contribution in [2.24, 2.45) is 0 Å². The molecule has 8 heteroatoms. The molecule has 0 heterocycles. The largest absolute Gasteiger partial charge is 0.487 e. The zero-order valence-corrected chi connectivity index (χ0v) is 7.76. The molecule has 0 bridgehead atoms. The highest BCUT2D eigenvalue weighted by atomic mass is 32.2. The summed E-state index contributed by atoms with van der Waals surface area (Å²) in [6.45, 7) is 1.35. The van der Waals surface area contributed by atoms with Crippen LogP contribution in [0.1, 0.15) is 6.92 Å². The van der Waals surface area contributed by atoms with Crippen molar-refractivity contribution in [2.45, 2.75) is 6.92 Å². The van der Waals surface area contributed by atoms with Crippen LogP contribution in [0.15, 0.2) is 0 Å². The first-order chi connectivity index (χ1) is 4.77. The van der Waals surface area contributed by atoms with E-state index in [1.165, 1.54) is 6.92 Å². The molecule has 68 valence electrons. The molecule has 0 aromatic heterocycles. The van der Waals surface area contributed by atoms with E-state index in [0.29, 0.717) is 6.26 Å². The van der Waals surface area contributed by atoms with Crippen LogP contribution in [0.2, 0.25) is 0 Å². The summed E-state index contributed by atoms with van der Waals surface area (Å²) < 4.78 is 39.0. The Hall–Kier alpha value is 0.0600. The second-order valence-corrected chi connectivity index (χ2v) is 4.86. The van der Waals surface area contributed by atoms with E-state index in [4.69, 9.17) is 4.89 Å². The summed E-state index contributed by atoms with van der Waals surface area (Å²) >= 11 is 0. The molecule has 0 amide bonds. The van der Waals surface area contributed by atoms with Gasteiger partial charge in [0.2, 0.25) is 0 Å². The molecule has 1 N–H and O–H groups in total. The van der Waals surface area contributed by atoms with Crippen LogP contribution in [0.4, 0.5) is 0 Å². The van der Waals surface area contributed by atoms with Gasteiger partial charge in [-0.3, -0.25) is 4.52 Å². The Morgan fingerprint density at radius 2 is 2.00 bits per heavy atom. The molecule has 1 unspecified atom stereocenters. The van der Waals surface area contributed by atoms with E-state index in [1.54, 1.807) is 0 Å². The molecule has 0 saturated heterocycles. The maximum Gasteiger partial charge on any atom is 0.487 e. The highest BCUT2D eigenvalue weighted by Gasteiger charge is 2.25. The van der Waals surface area contributed by atoms with Gasteiger partial charge >= 0.3 is 7.82 Å². The molecule has 0 aromatic carbocycles. The van der Waals surface area contributed by atoms with E-state index in [9.17, 15) is 13.0 Å². The molecule has 0 rings (SSSR count). The zero-order chi connectivity index (χ0) is 9.12. The molecular formula is C3H9O6PS. The Morgan fingerprint density at radius 3 is 2.27 bits per heavy atom. The maximum absolute atomic E-state index is 10.6. The second kappa shape index (κ2) is 3.64. The van der Waals surface area contributed by atoms with Gasteiger partial charge in [0.15, 0.2) is 0 Å². The van der Waals surface area contributed by atoms with Crippen LogP contribution >= 0.6 is 7.82 Å². The molecule has 0 spiro atoms. The third-order valence-corrected chi connectivity index (χ3v) is 2.94. The Bertz CT molecular complexity index is 255. The SMILES string of the molecule is CCOP(=O)(O)OS(C)(=O)=O. The maximum atomic E-state index is 10.6. The monoisotopic (exact) mass is 204 g/mol. The Morgan fingerprint density at radius 1 is 1.55 bits per heavy atom. The number of hydrogen-bond donors (Lipinski definition) is 1. The Labute approximate surface area is 64.9 Å². The van der Waals surface area contributed by atoms with Gasteiger partial charge in [0.25, 0.3) is 10.1 Å². The topological polar surface area (TPSA) is 89.9 Å². The minimum atomic E-state index is -4.40. The minimum Gasteiger partial charge on any atom is -0.302 e. The van der Waals surface area contributed by atoms with Crippen molar-refractivity contribution >= 4 is 17.9 Å². The summed E-state index contributed by atoms with van der Waals surface area (Å²) in [7, 11) is -8.34. The third-order valence-electron chi connectivity index (χ3n) is 0.522. The fourth-order valence-corrected chi connectivity index (χ4v) is 2.22. The van der Waals surface area contributed by atoms with E-state index in [-0.39, 0.29) is 6.61 Å². The predicted octanol–water partition coefficient (Wildman–Crippen LogP) is 0.0995. The summed E-state index contributed by atoms with van der Waals surface area (Å²) in [6, 6.07) is 0. The average Bonchev–Trinajstić information content (AvgIpc) is 1.55. The first kappa shape index (κ1) is 11.1. The van der Waals surface area contributed by atoms with Crippen molar-refractivity contribution < 1.29 is 26.4 Å². The van der Waals surface area contributed by atoms with Gasteiger partial charge in [-0.05, 0) is 6.92 Å². The van der Waals surface area contributed by atoms with E-state index < -0.39 is 17.9 Å². The molecule has 1 atom stereocenters. The van der Waals surface area contributed by atoms with Crippen LogP contribution in [0, 0.1) is 0 Å². The lowest BCUT2D eigenvalue weighted by atomic mass is 10.9. The number of hydrogen-bond acceptors (Lipinski definition) is 5. The quantitative estimate of drug-likeness (QED) is 0.653. The van der Waals surface area contributed by atoms with Gasteiger partial charge in [-0.25, -0.2) is 4.57 Å². The van der Waals surface area contributed by atoms with Crippen LogP contribution in [-0.2, 0) is 23.2 Å². The first-order valence-electron chi connectivity index (χ1n) is 2.65. The third kappa shape index (κ3) is 6.46. The van der Waals surface area contributed by atoms with Crippen molar-refractivity contribution in [1.29, 1.82) is 0 Å².